The number of ether oxygens (including phenoxy) is 5. The largest absolute Gasteiger partial charge is 0.457 e. The molecular formula is C14H19NO7. The number of carbonyl (C=O) groups excluding carboxylic acids is 2. The number of nitrogens with zero attached hydrogens (tertiary/aromatic N) is 1. The third-order valence-electron chi connectivity index (χ3n) is 3.46. The molecule has 0 saturated carbocycles. The Hall–Kier alpha value is -1.85. The van der Waals surface area contributed by atoms with E-state index in [9.17, 15) is 9.59 Å². The van der Waals surface area contributed by atoms with Crippen LogP contribution in [0.5, 0.6) is 0 Å². The van der Waals surface area contributed by atoms with Crippen molar-refractivity contribution in [3.63, 3.8) is 0 Å². The van der Waals surface area contributed by atoms with Crippen LogP contribution in [0.2, 0.25) is 0 Å². The molecule has 2 fully saturated rings. The molecule has 0 aliphatic carbocycles. The van der Waals surface area contributed by atoms with E-state index in [0.29, 0.717) is 12.8 Å². The second kappa shape index (κ2) is 7.96. The zero-order valence-electron chi connectivity index (χ0n) is 12.4. The molecule has 0 bridgehead atoms. The molecule has 8 nitrogen and oxygen atoms in total. The number of esters is 2. The molecule has 2 heterocycles. The molecule has 4 atom stereocenters. The van der Waals surface area contributed by atoms with Crippen molar-refractivity contribution in [2.75, 3.05) is 19.8 Å². The Morgan fingerprint density at radius 3 is 2.14 bits per heavy atom. The molecule has 0 amide bonds. The third-order valence-corrected chi connectivity index (χ3v) is 3.46. The Morgan fingerprint density at radius 2 is 1.64 bits per heavy atom. The number of carbonyl (C=O) groups is 2. The van der Waals surface area contributed by atoms with Crippen molar-refractivity contribution in [2.24, 2.45) is 0 Å². The van der Waals surface area contributed by atoms with Crippen LogP contribution in [0.1, 0.15) is 26.2 Å². The van der Waals surface area contributed by atoms with Gasteiger partial charge in [0.25, 0.3) is 6.26 Å². The van der Waals surface area contributed by atoms with E-state index in [1.807, 2.05) is 6.92 Å². The molecule has 122 valence electrons. The van der Waals surface area contributed by atoms with Crippen LogP contribution in [-0.2, 0) is 33.3 Å². The van der Waals surface area contributed by atoms with Gasteiger partial charge >= 0.3 is 11.9 Å². The molecule has 4 unspecified atom stereocenters. The minimum Gasteiger partial charge on any atom is -0.457 e. The van der Waals surface area contributed by atoms with Gasteiger partial charge in [-0.1, -0.05) is 6.92 Å². The highest BCUT2D eigenvalue weighted by molar-refractivity contribution is 5.70. The van der Waals surface area contributed by atoms with E-state index in [-0.39, 0.29) is 32.2 Å². The topological polar surface area (TPSA) is 104 Å². The summed E-state index contributed by atoms with van der Waals surface area (Å²) >= 11 is 0. The van der Waals surface area contributed by atoms with Gasteiger partial charge in [0.1, 0.15) is 18.8 Å². The Kier molecular flexibility index (Phi) is 5.98. The maximum atomic E-state index is 11.6. The molecule has 0 N–H and O–H groups in total. The maximum absolute atomic E-state index is 11.6. The standard InChI is InChI=1S/C14H19NO7/c1-2-3-11(16)21-9-6-19-14-10(7-20-13(9)14)22-12(17)4-5-18-8-15/h9-10,13-14H,2-7H2,1H3. The van der Waals surface area contributed by atoms with Gasteiger partial charge in [-0.2, -0.15) is 5.26 Å². The summed E-state index contributed by atoms with van der Waals surface area (Å²) in [6.45, 7) is 2.31. The number of hydrogen-bond donors (Lipinski definition) is 0. The molecule has 2 saturated heterocycles. The van der Waals surface area contributed by atoms with Gasteiger partial charge in [-0.05, 0) is 6.42 Å². The minimum absolute atomic E-state index is 0.0175. The van der Waals surface area contributed by atoms with Gasteiger partial charge < -0.3 is 23.7 Å². The quantitative estimate of drug-likeness (QED) is 0.375. The average Bonchev–Trinajstić information content (AvgIpc) is 3.04. The SMILES string of the molecule is CCCC(=O)OC1COC2C(OC(=O)CCOC#N)COC12. The van der Waals surface area contributed by atoms with Crippen LogP contribution in [0.3, 0.4) is 0 Å². The predicted molar refractivity (Wildman–Crippen MR) is 70.3 cm³/mol. The van der Waals surface area contributed by atoms with Crippen LogP contribution in [0.15, 0.2) is 0 Å². The number of nitriles is 1. The van der Waals surface area contributed by atoms with Crippen molar-refractivity contribution >= 4 is 11.9 Å². The summed E-state index contributed by atoms with van der Waals surface area (Å²) in [5.41, 5.74) is 0. The summed E-state index contributed by atoms with van der Waals surface area (Å²) in [6.07, 6.45) is 0.697. The molecule has 0 radical (unpaired) electrons. The normalized spacial score (nSPS) is 29.5. The number of rotatable bonds is 7. The first-order chi connectivity index (χ1) is 10.7. The van der Waals surface area contributed by atoms with E-state index in [2.05, 4.69) is 4.74 Å². The second-order valence-electron chi connectivity index (χ2n) is 5.09. The molecule has 8 heteroatoms. The Morgan fingerprint density at radius 1 is 1.09 bits per heavy atom. The minimum atomic E-state index is -0.533. The lowest BCUT2D eigenvalue weighted by molar-refractivity contribution is -0.155. The molecule has 2 aliphatic rings. The van der Waals surface area contributed by atoms with E-state index in [1.54, 1.807) is 0 Å². The average molecular weight is 313 g/mol. The van der Waals surface area contributed by atoms with Gasteiger partial charge in [0.2, 0.25) is 0 Å². The van der Waals surface area contributed by atoms with Crippen LogP contribution in [0, 0.1) is 11.5 Å². The van der Waals surface area contributed by atoms with Gasteiger partial charge in [0.05, 0.1) is 19.6 Å². The van der Waals surface area contributed by atoms with Crippen molar-refractivity contribution in [3.8, 4) is 6.26 Å². The van der Waals surface area contributed by atoms with E-state index < -0.39 is 30.4 Å². The molecule has 0 aromatic rings. The first kappa shape index (κ1) is 16.5. The van der Waals surface area contributed by atoms with Gasteiger partial charge in [-0.25, -0.2) is 0 Å². The van der Waals surface area contributed by atoms with Crippen molar-refractivity contribution in [3.05, 3.63) is 0 Å². The Balaban J connectivity index is 1.79. The van der Waals surface area contributed by atoms with Crippen molar-refractivity contribution in [1.82, 2.24) is 0 Å². The highest BCUT2D eigenvalue weighted by Crippen LogP contribution is 2.31. The lowest BCUT2D eigenvalue weighted by Gasteiger charge is -2.17. The fourth-order valence-electron chi connectivity index (χ4n) is 2.47. The highest BCUT2D eigenvalue weighted by Gasteiger charge is 2.51. The summed E-state index contributed by atoms with van der Waals surface area (Å²) in [4.78, 5) is 23.1. The summed E-state index contributed by atoms with van der Waals surface area (Å²) in [6, 6.07) is 0. The molecule has 0 aromatic carbocycles. The lowest BCUT2D eigenvalue weighted by Crippen LogP contribution is -2.36. The van der Waals surface area contributed by atoms with Crippen LogP contribution >= 0.6 is 0 Å². The summed E-state index contributed by atoms with van der Waals surface area (Å²) in [5, 5.41) is 8.22. The zero-order chi connectivity index (χ0) is 15.9. The maximum Gasteiger partial charge on any atom is 0.309 e. The van der Waals surface area contributed by atoms with Crippen molar-refractivity contribution in [1.29, 1.82) is 5.26 Å². The van der Waals surface area contributed by atoms with Crippen LogP contribution in [0.4, 0.5) is 0 Å². The fourth-order valence-corrected chi connectivity index (χ4v) is 2.47. The predicted octanol–water partition coefficient (Wildman–Crippen LogP) is 0.295. The smallest absolute Gasteiger partial charge is 0.309 e. The number of fused-ring (bicyclic) bond motifs is 1. The van der Waals surface area contributed by atoms with E-state index in [4.69, 9.17) is 24.2 Å². The van der Waals surface area contributed by atoms with Gasteiger partial charge in [-0.3, -0.25) is 9.59 Å². The van der Waals surface area contributed by atoms with Gasteiger partial charge in [0.15, 0.2) is 12.2 Å². The number of hydrogen-bond acceptors (Lipinski definition) is 8. The lowest BCUT2D eigenvalue weighted by atomic mass is 10.1. The summed E-state index contributed by atoms with van der Waals surface area (Å²) in [7, 11) is 0. The van der Waals surface area contributed by atoms with Crippen LogP contribution in [-0.4, -0.2) is 56.2 Å². The monoisotopic (exact) mass is 313 g/mol. The van der Waals surface area contributed by atoms with Crippen molar-refractivity contribution < 1.29 is 33.3 Å². The van der Waals surface area contributed by atoms with Crippen LogP contribution in [0.25, 0.3) is 0 Å². The summed E-state index contributed by atoms with van der Waals surface area (Å²) < 4.78 is 26.1. The second-order valence-corrected chi connectivity index (χ2v) is 5.09. The molecule has 22 heavy (non-hydrogen) atoms. The first-order valence-corrected chi connectivity index (χ1v) is 7.28. The Bertz CT molecular complexity index is 447. The zero-order valence-corrected chi connectivity index (χ0v) is 12.4. The molecule has 2 rings (SSSR count). The van der Waals surface area contributed by atoms with Gasteiger partial charge in [-0.15, -0.1) is 0 Å². The first-order valence-electron chi connectivity index (χ1n) is 7.28. The summed E-state index contributed by atoms with van der Waals surface area (Å²) in [5.74, 6) is -0.769. The van der Waals surface area contributed by atoms with Crippen LogP contribution < -0.4 is 0 Å². The third kappa shape index (κ3) is 4.08. The fraction of sp³-hybridized carbons (Fsp3) is 0.786. The molecule has 0 spiro atoms. The molecule has 2 aliphatic heterocycles. The van der Waals surface area contributed by atoms with Gasteiger partial charge in [0, 0.05) is 6.42 Å². The van der Waals surface area contributed by atoms with Crippen molar-refractivity contribution in [2.45, 2.75) is 50.6 Å². The van der Waals surface area contributed by atoms with E-state index in [0.717, 1.165) is 0 Å². The molecule has 0 aromatic heterocycles. The van der Waals surface area contributed by atoms with E-state index in [1.165, 1.54) is 6.26 Å². The highest BCUT2D eigenvalue weighted by atomic mass is 16.7. The molecular weight excluding hydrogens is 294 g/mol. The Labute approximate surface area is 128 Å². The van der Waals surface area contributed by atoms with E-state index >= 15 is 0 Å².